The van der Waals surface area contributed by atoms with Crippen LogP contribution in [0.25, 0.3) is 10.4 Å². The summed E-state index contributed by atoms with van der Waals surface area (Å²) in [5.41, 5.74) is 18.4. The number of hydrogen-bond acceptors (Lipinski definition) is 7. The van der Waals surface area contributed by atoms with Gasteiger partial charge in [0, 0.05) is 71.2 Å². The number of benzene rings is 2. The highest BCUT2D eigenvalue weighted by atomic mass is 32.2. The van der Waals surface area contributed by atoms with Gasteiger partial charge in [0.05, 0.1) is 16.9 Å². The Balaban J connectivity index is 1.49. The molecule has 2 heterocycles. The van der Waals surface area contributed by atoms with Crippen LogP contribution in [0, 0.1) is 0 Å². The number of fused-ring (bicyclic) bond motifs is 2. The summed E-state index contributed by atoms with van der Waals surface area (Å²) in [6.07, 6.45) is 13.0. The van der Waals surface area contributed by atoms with Crippen LogP contribution >= 0.6 is 0 Å². The summed E-state index contributed by atoms with van der Waals surface area (Å²) < 4.78 is 66.4. The maximum absolute atomic E-state index is 11.4. The second kappa shape index (κ2) is 17.1. The highest BCUT2D eigenvalue weighted by Crippen LogP contribution is 2.48. The van der Waals surface area contributed by atoms with E-state index in [1.807, 2.05) is 24.3 Å². The molecule has 1 aliphatic carbocycles. The van der Waals surface area contributed by atoms with Crippen LogP contribution in [-0.2, 0) is 31.1 Å². The maximum Gasteiger partial charge on any atom is 0.264 e. The van der Waals surface area contributed by atoms with Crippen LogP contribution in [0.3, 0.4) is 0 Å². The number of hydrogen-bond donors (Lipinski definition) is 3. The van der Waals surface area contributed by atoms with Gasteiger partial charge in [-0.15, -0.1) is 0 Å². The van der Waals surface area contributed by atoms with Gasteiger partial charge in [-0.2, -0.15) is 21.4 Å². The zero-order valence-corrected chi connectivity index (χ0v) is 33.3. The van der Waals surface area contributed by atoms with Crippen LogP contribution in [0.1, 0.15) is 83.8 Å². The van der Waals surface area contributed by atoms with Gasteiger partial charge in [-0.1, -0.05) is 67.5 Å². The quantitative estimate of drug-likeness (QED) is 0.0342. The van der Waals surface area contributed by atoms with Crippen molar-refractivity contribution in [2.24, 2.45) is 5.11 Å². The fraction of sp³-hybridized carbons (Fsp3) is 0.475. The molecule has 5 rings (SSSR count). The van der Waals surface area contributed by atoms with Crippen molar-refractivity contribution in [2.75, 3.05) is 42.6 Å². The van der Waals surface area contributed by atoms with E-state index < -0.39 is 20.2 Å². The van der Waals surface area contributed by atoms with Gasteiger partial charge in [0.25, 0.3) is 20.2 Å². The molecule has 0 saturated heterocycles. The molecule has 0 aromatic heterocycles. The molecule has 2 aromatic carbocycles. The molecule has 0 unspecified atom stereocenters. The zero-order chi connectivity index (χ0) is 39.1. The molecule has 2 aromatic rings. The standard InChI is InChI=1S/C40H52N6O6S2/c1-39(2)32-14-5-7-16-34(32)45(26-9-11-28-53(47,48)49)36(39)22-20-30-18-19-31(38(30)42-24-13-25-43-44-41)21-23-37-40(3,4)33-15-6-8-17-35(33)46(37)27-10-12-29-54(50,51)52/h5-8,14-17,20-23H,9-13,18-19,24-29H2,1-4H3,(H2,47,48,49,50,51,52)/p+1/b30-20+,36-22+. The third-order valence-electron chi connectivity index (χ3n) is 10.7. The molecule has 3 aliphatic rings. The van der Waals surface area contributed by atoms with Crippen LogP contribution in [0.4, 0.5) is 11.4 Å². The second-order valence-electron chi connectivity index (χ2n) is 15.2. The zero-order valence-electron chi connectivity index (χ0n) is 31.7. The first-order valence-corrected chi connectivity index (χ1v) is 21.9. The van der Waals surface area contributed by atoms with Gasteiger partial charge < -0.3 is 10.2 Å². The lowest BCUT2D eigenvalue weighted by Crippen LogP contribution is -2.28. The Labute approximate surface area is 320 Å². The van der Waals surface area contributed by atoms with Gasteiger partial charge in [0.15, 0.2) is 5.71 Å². The predicted octanol–water partition coefficient (Wildman–Crippen LogP) is 7.90. The molecule has 0 fully saturated rings. The fourth-order valence-corrected chi connectivity index (χ4v) is 9.06. The summed E-state index contributed by atoms with van der Waals surface area (Å²) in [5.74, 6) is -0.530. The van der Waals surface area contributed by atoms with Crippen LogP contribution in [0.15, 0.2) is 100 Å². The van der Waals surface area contributed by atoms with E-state index in [1.54, 1.807) is 0 Å². The Bertz CT molecular complexity index is 2160. The van der Waals surface area contributed by atoms with Gasteiger partial charge in [0.2, 0.25) is 5.69 Å². The number of nitrogens with zero attached hydrogens (tertiary/aromatic N) is 5. The summed E-state index contributed by atoms with van der Waals surface area (Å²) in [6.45, 7) is 11.1. The third kappa shape index (κ3) is 9.72. The fourth-order valence-electron chi connectivity index (χ4n) is 7.93. The molecule has 14 heteroatoms. The van der Waals surface area contributed by atoms with E-state index >= 15 is 0 Å². The van der Waals surface area contributed by atoms with Crippen molar-refractivity contribution in [3.8, 4) is 0 Å². The number of azide groups is 1. The Hall–Kier alpha value is -4.20. The predicted molar refractivity (Wildman–Crippen MR) is 216 cm³/mol. The summed E-state index contributed by atoms with van der Waals surface area (Å²) in [5, 5.41) is 7.36. The van der Waals surface area contributed by atoms with Crippen molar-refractivity contribution in [1.82, 2.24) is 5.32 Å². The average molecular weight is 778 g/mol. The van der Waals surface area contributed by atoms with Gasteiger partial charge in [-0.05, 0) is 86.8 Å². The van der Waals surface area contributed by atoms with Crippen LogP contribution in [0.5, 0.6) is 0 Å². The molecule has 290 valence electrons. The summed E-state index contributed by atoms with van der Waals surface area (Å²) in [4.78, 5) is 5.16. The summed E-state index contributed by atoms with van der Waals surface area (Å²) in [6, 6.07) is 16.6. The first-order chi connectivity index (χ1) is 25.5. The summed E-state index contributed by atoms with van der Waals surface area (Å²) in [7, 11) is -8.05. The SMILES string of the molecule is CC1(C)C(/C=C/C2=C(NCCCN=[N+]=[N-])C(=C/C=C3/N(CCCCS(=O)(=O)O)c4ccccc4C3(C)C)/CC2)=[N+](CCCCS(=O)(=O)O)c2ccccc21. The van der Waals surface area contributed by atoms with E-state index in [1.165, 1.54) is 11.1 Å². The van der Waals surface area contributed by atoms with Crippen molar-refractivity contribution < 1.29 is 30.5 Å². The van der Waals surface area contributed by atoms with Crippen molar-refractivity contribution in [3.63, 3.8) is 0 Å². The van der Waals surface area contributed by atoms with E-state index in [9.17, 15) is 25.9 Å². The maximum atomic E-state index is 11.4. The van der Waals surface area contributed by atoms with E-state index in [4.69, 9.17) is 5.53 Å². The number of para-hydroxylation sites is 2. The van der Waals surface area contributed by atoms with E-state index in [2.05, 4.69) is 101 Å². The second-order valence-corrected chi connectivity index (χ2v) is 18.3. The summed E-state index contributed by atoms with van der Waals surface area (Å²) >= 11 is 0. The molecule has 0 bridgehead atoms. The number of anilines is 1. The minimum absolute atomic E-state index is 0.265. The molecule has 3 N–H and O–H groups in total. The Morgan fingerprint density at radius 3 is 2.22 bits per heavy atom. The van der Waals surface area contributed by atoms with Crippen LogP contribution < -0.4 is 10.2 Å². The smallest absolute Gasteiger partial charge is 0.264 e. The van der Waals surface area contributed by atoms with Crippen molar-refractivity contribution in [3.05, 3.63) is 117 Å². The highest BCUT2D eigenvalue weighted by molar-refractivity contribution is 7.86. The molecule has 0 amide bonds. The average Bonchev–Trinajstić information content (AvgIpc) is 3.66. The van der Waals surface area contributed by atoms with Crippen LogP contribution in [-0.4, -0.2) is 73.9 Å². The van der Waals surface area contributed by atoms with E-state index in [0.717, 1.165) is 52.5 Å². The minimum atomic E-state index is -4.02. The minimum Gasteiger partial charge on any atom is -0.385 e. The molecular formula is C40H53N6O6S2+. The Morgan fingerprint density at radius 1 is 0.852 bits per heavy atom. The number of unbranched alkanes of at least 4 members (excludes halogenated alkanes) is 2. The number of nitrogens with one attached hydrogen (secondary N) is 1. The number of allylic oxidation sites excluding steroid dienone is 7. The molecule has 2 aliphatic heterocycles. The van der Waals surface area contributed by atoms with Gasteiger partial charge in [-0.3, -0.25) is 9.11 Å². The first kappa shape index (κ1) is 41.0. The first-order valence-electron chi connectivity index (χ1n) is 18.6. The van der Waals surface area contributed by atoms with E-state index in [0.29, 0.717) is 58.3 Å². The molecule has 0 spiro atoms. The molecule has 0 radical (unpaired) electrons. The molecule has 12 nitrogen and oxygen atoms in total. The van der Waals surface area contributed by atoms with Crippen molar-refractivity contribution in [1.29, 1.82) is 0 Å². The third-order valence-corrected chi connectivity index (χ3v) is 12.3. The van der Waals surface area contributed by atoms with Crippen molar-refractivity contribution >= 4 is 37.3 Å². The highest BCUT2D eigenvalue weighted by Gasteiger charge is 2.44. The van der Waals surface area contributed by atoms with Crippen LogP contribution in [0.2, 0.25) is 0 Å². The molecule has 0 atom stereocenters. The normalized spacial score (nSPS) is 19.3. The topological polar surface area (TPSA) is 176 Å². The number of rotatable bonds is 18. The Morgan fingerprint density at radius 2 is 1.52 bits per heavy atom. The lowest BCUT2D eigenvalue weighted by atomic mass is 9.81. The lowest BCUT2D eigenvalue weighted by Gasteiger charge is -2.27. The van der Waals surface area contributed by atoms with Gasteiger partial charge in [-0.25, -0.2) is 0 Å². The van der Waals surface area contributed by atoms with Gasteiger partial charge >= 0.3 is 0 Å². The molecule has 0 saturated carbocycles. The van der Waals surface area contributed by atoms with Gasteiger partial charge in [0.1, 0.15) is 6.54 Å². The van der Waals surface area contributed by atoms with E-state index in [-0.39, 0.29) is 22.3 Å². The molecule has 54 heavy (non-hydrogen) atoms. The van der Waals surface area contributed by atoms with Crippen molar-refractivity contribution in [2.45, 2.75) is 83.5 Å². The largest absolute Gasteiger partial charge is 0.385 e. The monoisotopic (exact) mass is 777 g/mol. The lowest BCUT2D eigenvalue weighted by molar-refractivity contribution is -0.438. The molecular weight excluding hydrogens is 725 g/mol. The Kier molecular flexibility index (Phi) is 13.0.